The van der Waals surface area contributed by atoms with Crippen LogP contribution in [0, 0.1) is 5.92 Å². The molecule has 0 fully saturated rings. The second-order valence-electron chi connectivity index (χ2n) is 9.21. The fourth-order valence-electron chi connectivity index (χ4n) is 4.63. The molecule has 3 heteroatoms. The Morgan fingerprint density at radius 1 is 0.778 bits per heavy atom. The maximum atomic E-state index is 4.37. The van der Waals surface area contributed by atoms with Crippen LogP contribution in [0.4, 0.5) is 0 Å². The van der Waals surface area contributed by atoms with Crippen molar-refractivity contribution < 1.29 is 0 Å². The Morgan fingerprint density at radius 2 is 1.22 bits per heavy atom. The van der Waals surface area contributed by atoms with E-state index in [0.717, 1.165) is 6.42 Å². The second kappa shape index (κ2) is 7.74. The van der Waals surface area contributed by atoms with Crippen LogP contribution in [-0.4, -0.2) is 16.5 Å². The molecule has 0 saturated heterocycles. The molecule has 0 saturated carbocycles. The fourth-order valence-corrected chi connectivity index (χ4v) is 15.4. The van der Waals surface area contributed by atoms with Gasteiger partial charge in [0.1, 0.15) is 8.24 Å². The van der Waals surface area contributed by atoms with Gasteiger partial charge in [-0.25, -0.2) is 0 Å². The lowest BCUT2D eigenvalue weighted by Gasteiger charge is -2.50. The van der Waals surface area contributed by atoms with E-state index in [1.165, 1.54) is 10.4 Å². The predicted octanol–water partition coefficient (Wildman–Crippen LogP) is 5.08. The molecular formula is C24H33NSi2. The molecule has 1 aliphatic rings. The molecule has 0 amide bonds. The van der Waals surface area contributed by atoms with Crippen LogP contribution in [0.5, 0.6) is 0 Å². The second-order valence-corrected chi connectivity index (χ2v) is 18.3. The lowest BCUT2D eigenvalue weighted by molar-refractivity contribution is 0.535. The molecule has 1 aliphatic carbocycles. The zero-order valence-corrected chi connectivity index (χ0v) is 19.4. The van der Waals surface area contributed by atoms with E-state index < -0.39 is 16.5 Å². The van der Waals surface area contributed by atoms with Crippen LogP contribution in [0.25, 0.3) is 0 Å². The molecule has 0 aliphatic heterocycles. The molecule has 0 unspecified atom stereocenters. The van der Waals surface area contributed by atoms with E-state index in [4.69, 9.17) is 0 Å². The van der Waals surface area contributed by atoms with Crippen LogP contribution in [0.15, 0.2) is 85.0 Å². The highest BCUT2D eigenvalue weighted by Crippen LogP contribution is 2.48. The van der Waals surface area contributed by atoms with Crippen molar-refractivity contribution in [2.24, 2.45) is 5.92 Å². The van der Waals surface area contributed by atoms with E-state index in [1.54, 1.807) is 0 Å². The van der Waals surface area contributed by atoms with Gasteiger partial charge in [-0.15, -0.1) is 0 Å². The van der Waals surface area contributed by atoms with Crippen molar-refractivity contribution in [1.29, 1.82) is 0 Å². The van der Waals surface area contributed by atoms with Crippen molar-refractivity contribution in [3.63, 3.8) is 0 Å². The molecular weight excluding hydrogens is 358 g/mol. The monoisotopic (exact) mass is 391 g/mol. The van der Waals surface area contributed by atoms with Gasteiger partial charge in [-0.3, -0.25) is 0 Å². The van der Waals surface area contributed by atoms with Crippen LogP contribution < -0.4 is 15.0 Å². The first-order valence-electron chi connectivity index (χ1n) is 10.1. The van der Waals surface area contributed by atoms with Crippen molar-refractivity contribution in [1.82, 2.24) is 4.65 Å². The Bertz CT molecular complexity index is 750. The first-order valence-corrected chi connectivity index (χ1v) is 15.6. The Morgan fingerprint density at radius 3 is 1.59 bits per heavy atom. The minimum atomic E-state index is -2.33. The molecule has 0 spiro atoms. The standard InChI is InChI=1S/C24H33NSi2/c1-21(2)20-24(18-12-13-19-24)27(25-26(3,4)5,22-14-8-6-9-15-22)23-16-10-7-11-17-23/h6-19,21,25H,20H2,1-5H3. The SMILES string of the molecule is CC(C)CC1([Si](N[Si](C)(C)C)(c2ccccc2)c2ccccc2)C=CC=C1. The largest absolute Gasteiger partial charge is 0.352 e. The van der Waals surface area contributed by atoms with Gasteiger partial charge in [0.2, 0.25) is 0 Å². The minimum absolute atomic E-state index is 0.0458. The molecule has 0 radical (unpaired) electrons. The fraction of sp³-hybridized carbons (Fsp3) is 0.333. The van der Waals surface area contributed by atoms with Crippen molar-refractivity contribution in [3.05, 3.63) is 85.0 Å². The summed E-state index contributed by atoms with van der Waals surface area (Å²) >= 11 is 0. The smallest absolute Gasteiger partial charge is 0.197 e. The molecule has 1 nitrogen and oxygen atoms in total. The topological polar surface area (TPSA) is 12.0 Å². The lowest BCUT2D eigenvalue weighted by Crippen LogP contribution is -2.79. The number of hydrogen-bond donors (Lipinski definition) is 1. The average molecular weight is 392 g/mol. The van der Waals surface area contributed by atoms with Crippen molar-refractivity contribution in [2.45, 2.75) is 44.9 Å². The quantitative estimate of drug-likeness (QED) is 0.649. The summed E-state index contributed by atoms with van der Waals surface area (Å²) in [4.78, 5) is 0. The van der Waals surface area contributed by atoms with E-state index >= 15 is 0 Å². The van der Waals surface area contributed by atoms with Crippen LogP contribution >= 0.6 is 0 Å². The first-order chi connectivity index (χ1) is 12.8. The number of hydrogen-bond acceptors (Lipinski definition) is 1. The number of nitrogens with one attached hydrogen (secondary N) is 1. The third-order valence-electron chi connectivity index (χ3n) is 5.32. The molecule has 142 valence electrons. The Balaban J connectivity index is 2.36. The van der Waals surface area contributed by atoms with E-state index in [9.17, 15) is 0 Å². The van der Waals surface area contributed by atoms with E-state index in [-0.39, 0.29) is 5.04 Å². The Hall–Kier alpha value is -1.69. The molecule has 1 N–H and O–H groups in total. The Kier molecular flexibility index (Phi) is 5.75. The number of rotatable bonds is 7. The third-order valence-corrected chi connectivity index (χ3v) is 14.2. The van der Waals surface area contributed by atoms with E-state index in [1.807, 2.05) is 0 Å². The predicted molar refractivity (Wildman–Crippen MR) is 125 cm³/mol. The molecule has 0 bridgehead atoms. The molecule has 2 aromatic carbocycles. The highest BCUT2D eigenvalue weighted by molar-refractivity contribution is 7.09. The lowest BCUT2D eigenvalue weighted by atomic mass is 9.97. The molecule has 27 heavy (non-hydrogen) atoms. The molecule has 3 rings (SSSR count). The van der Waals surface area contributed by atoms with Crippen molar-refractivity contribution in [3.8, 4) is 0 Å². The summed E-state index contributed by atoms with van der Waals surface area (Å²) in [6, 6.07) is 22.5. The van der Waals surface area contributed by atoms with Crippen LogP contribution in [-0.2, 0) is 0 Å². The average Bonchev–Trinajstić information content (AvgIpc) is 3.09. The summed E-state index contributed by atoms with van der Waals surface area (Å²) in [5, 5.41) is 3.01. The first kappa shape index (κ1) is 20.1. The van der Waals surface area contributed by atoms with Gasteiger partial charge in [0.25, 0.3) is 0 Å². The van der Waals surface area contributed by atoms with Gasteiger partial charge in [0, 0.05) is 5.04 Å². The van der Waals surface area contributed by atoms with Crippen LogP contribution in [0.3, 0.4) is 0 Å². The Labute approximate surface area is 167 Å². The minimum Gasteiger partial charge on any atom is -0.352 e. The zero-order valence-electron chi connectivity index (χ0n) is 17.4. The van der Waals surface area contributed by atoms with Gasteiger partial charge < -0.3 is 4.65 Å². The van der Waals surface area contributed by atoms with Crippen LogP contribution in [0.2, 0.25) is 24.7 Å². The summed E-state index contributed by atoms with van der Waals surface area (Å²) in [7, 11) is -3.90. The van der Waals surface area contributed by atoms with Gasteiger partial charge in [0.05, 0.1) is 0 Å². The third kappa shape index (κ3) is 3.96. The van der Waals surface area contributed by atoms with Crippen LogP contribution in [0.1, 0.15) is 20.3 Å². The van der Waals surface area contributed by atoms with E-state index in [2.05, 4.69) is 123 Å². The van der Waals surface area contributed by atoms with Crippen molar-refractivity contribution >= 4 is 26.8 Å². The van der Waals surface area contributed by atoms with Gasteiger partial charge in [-0.2, -0.15) is 0 Å². The highest BCUT2D eigenvalue weighted by Gasteiger charge is 2.55. The van der Waals surface area contributed by atoms with Gasteiger partial charge in [-0.05, 0) is 22.7 Å². The zero-order chi connectivity index (χ0) is 19.5. The summed E-state index contributed by atoms with van der Waals surface area (Å²) in [5.74, 6) is 0.625. The molecule has 0 aromatic heterocycles. The number of allylic oxidation sites excluding steroid dienone is 4. The molecule has 0 atom stereocenters. The maximum Gasteiger partial charge on any atom is 0.197 e. The molecule has 2 aromatic rings. The summed E-state index contributed by atoms with van der Waals surface area (Å²) in [6.07, 6.45) is 10.7. The van der Waals surface area contributed by atoms with Gasteiger partial charge in [-0.1, -0.05) is 118 Å². The maximum absolute atomic E-state index is 4.37. The number of benzene rings is 2. The molecule has 0 heterocycles. The summed E-state index contributed by atoms with van der Waals surface area (Å²) < 4.78 is 4.37. The van der Waals surface area contributed by atoms with E-state index in [0.29, 0.717) is 5.92 Å². The summed E-state index contributed by atoms with van der Waals surface area (Å²) in [6.45, 7) is 12.0. The highest BCUT2D eigenvalue weighted by atomic mass is 28.4. The van der Waals surface area contributed by atoms with Crippen molar-refractivity contribution in [2.75, 3.05) is 0 Å². The normalized spacial score (nSPS) is 16.2. The summed E-state index contributed by atoms with van der Waals surface area (Å²) in [5.41, 5.74) is 0. The van der Waals surface area contributed by atoms with Gasteiger partial charge >= 0.3 is 0 Å². The van der Waals surface area contributed by atoms with Gasteiger partial charge in [0.15, 0.2) is 8.24 Å².